The fourth-order valence-corrected chi connectivity index (χ4v) is 3.62. The Morgan fingerprint density at radius 3 is 2.41 bits per heavy atom. The van der Waals surface area contributed by atoms with Gasteiger partial charge in [-0.1, -0.05) is 18.2 Å². The van der Waals surface area contributed by atoms with E-state index in [4.69, 9.17) is 0 Å². The summed E-state index contributed by atoms with van der Waals surface area (Å²) in [4.78, 5) is 3.60. The number of nitrogens with zero attached hydrogens (tertiary/aromatic N) is 1. The number of guanidine groups is 1. The zero-order valence-electron chi connectivity index (χ0n) is 14.8. The Balaban J connectivity index is 1.95. The van der Waals surface area contributed by atoms with Crippen LogP contribution in [0.1, 0.15) is 18.5 Å². The highest BCUT2D eigenvalue weighted by atomic mass is 32.2. The molecule has 9 heteroatoms. The van der Waals surface area contributed by atoms with E-state index in [0.717, 1.165) is 18.2 Å². The molecule has 2 rings (SSSR count). The van der Waals surface area contributed by atoms with Gasteiger partial charge < -0.3 is 10.6 Å². The number of rotatable bonds is 6. The summed E-state index contributed by atoms with van der Waals surface area (Å²) in [6.07, 6.45) is 0. The Morgan fingerprint density at radius 1 is 1.07 bits per heavy atom. The summed E-state index contributed by atoms with van der Waals surface area (Å²) in [5.74, 6) is -2.76. The van der Waals surface area contributed by atoms with Gasteiger partial charge in [0.25, 0.3) is 0 Å². The van der Waals surface area contributed by atoms with Crippen molar-refractivity contribution in [3.8, 4) is 0 Å². The highest BCUT2D eigenvalue weighted by Crippen LogP contribution is 2.16. The Morgan fingerprint density at radius 2 is 1.78 bits per heavy atom. The number of hydrogen-bond acceptors (Lipinski definition) is 3. The monoisotopic (exact) mass is 399 g/mol. The van der Waals surface area contributed by atoms with Gasteiger partial charge in [0.1, 0.15) is 10.7 Å². The lowest BCUT2D eigenvalue weighted by molar-refractivity contribution is 0.504. The highest BCUT2D eigenvalue weighted by Gasteiger charge is 2.18. The molecule has 0 spiro atoms. The average molecular weight is 399 g/mol. The molecule has 0 fully saturated rings. The second-order valence-corrected chi connectivity index (χ2v) is 7.87. The van der Waals surface area contributed by atoms with Crippen molar-refractivity contribution in [1.29, 1.82) is 0 Å². The number of halogens is 3. The van der Waals surface area contributed by atoms with Crippen molar-refractivity contribution < 1.29 is 21.6 Å². The van der Waals surface area contributed by atoms with Crippen molar-refractivity contribution >= 4 is 15.8 Å². The fourth-order valence-electron chi connectivity index (χ4n) is 2.38. The van der Waals surface area contributed by atoms with Gasteiger partial charge in [-0.15, -0.1) is 0 Å². The first-order valence-corrected chi connectivity index (χ1v) is 9.79. The summed E-state index contributed by atoms with van der Waals surface area (Å²) < 4.78 is 64.5. The maximum Gasteiger partial charge on any atom is 0.191 e. The van der Waals surface area contributed by atoms with Crippen LogP contribution in [0.3, 0.4) is 0 Å². The quantitative estimate of drug-likeness (QED) is 0.579. The summed E-state index contributed by atoms with van der Waals surface area (Å²) in [6.45, 7) is 1.70. The highest BCUT2D eigenvalue weighted by molar-refractivity contribution is 7.91. The Bertz CT molecular complexity index is 933. The van der Waals surface area contributed by atoms with Gasteiger partial charge in [0.2, 0.25) is 0 Å². The molecule has 0 saturated heterocycles. The molecule has 146 valence electrons. The lowest BCUT2D eigenvalue weighted by Crippen LogP contribution is -2.40. The van der Waals surface area contributed by atoms with Gasteiger partial charge >= 0.3 is 0 Å². The van der Waals surface area contributed by atoms with Crippen molar-refractivity contribution in [3.63, 3.8) is 0 Å². The number of aliphatic imine (C=N–C) groups is 1. The molecule has 0 amide bonds. The van der Waals surface area contributed by atoms with Crippen LogP contribution in [0.5, 0.6) is 0 Å². The summed E-state index contributed by atoms with van der Waals surface area (Å²) >= 11 is 0. The number of benzene rings is 2. The fraction of sp³-hybridized carbons (Fsp3) is 0.278. The second-order valence-electron chi connectivity index (χ2n) is 5.79. The molecule has 0 aliphatic carbocycles. The van der Waals surface area contributed by atoms with Crippen molar-refractivity contribution in [2.75, 3.05) is 19.3 Å². The molecular formula is C18H20F3N3O2S. The third kappa shape index (κ3) is 5.46. The van der Waals surface area contributed by atoms with Gasteiger partial charge in [0.15, 0.2) is 27.4 Å². The van der Waals surface area contributed by atoms with Crippen molar-refractivity contribution in [3.05, 3.63) is 65.5 Å². The molecule has 2 aromatic rings. The molecule has 0 aliphatic rings. The Kier molecular flexibility index (Phi) is 6.84. The van der Waals surface area contributed by atoms with Crippen LogP contribution in [-0.4, -0.2) is 33.7 Å². The summed E-state index contributed by atoms with van der Waals surface area (Å²) in [6, 6.07) is 8.29. The predicted molar refractivity (Wildman–Crippen MR) is 97.7 cm³/mol. The molecule has 0 aliphatic heterocycles. The Labute approximate surface area is 156 Å². The van der Waals surface area contributed by atoms with Gasteiger partial charge in [-0.05, 0) is 36.8 Å². The normalized spacial score (nSPS) is 13.3. The number of sulfone groups is 1. The van der Waals surface area contributed by atoms with Gasteiger partial charge in [-0.25, -0.2) is 21.6 Å². The topological polar surface area (TPSA) is 70.6 Å². The molecule has 2 aromatic carbocycles. The van der Waals surface area contributed by atoms with E-state index in [1.807, 2.05) is 0 Å². The van der Waals surface area contributed by atoms with Gasteiger partial charge in [-0.2, -0.15) is 0 Å². The largest absolute Gasteiger partial charge is 0.355 e. The van der Waals surface area contributed by atoms with E-state index in [0.29, 0.717) is 5.56 Å². The SMILES string of the molecule is CN=C(NCCS(=O)(=O)c1ccccc1F)NC(C)c1ccc(F)c(F)c1. The van der Waals surface area contributed by atoms with Crippen LogP contribution in [0.4, 0.5) is 13.2 Å². The molecule has 0 saturated carbocycles. The van der Waals surface area contributed by atoms with Crippen LogP contribution >= 0.6 is 0 Å². The summed E-state index contributed by atoms with van der Waals surface area (Å²) in [7, 11) is -2.31. The molecular weight excluding hydrogens is 379 g/mol. The molecule has 27 heavy (non-hydrogen) atoms. The zero-order chi connectivity index (χ0) is 20.0. The van der Waals surface area contributed by atoms with Crippen molar-refractivity contribution in [1.82, 2.24) is 10.6 Å². The lowest BCUT2D eigenvalue weighted by Gasteiger charge is -2.18. The first kappa shape index (κ1) is 20.8. The van der Waals surface area contributed by atoms with Crippen LogP contribution in [0, 0.1) is 17.5 Å². The maximum absolute atomic E-state index is 13.7. The van der Waals surface area contributed by atoms with E-state index >= 15 is 0 Å². The van der Waals surface area contributed by atoms with E-state index in [-0.39, 0.29) is 23.2 Å². The van der Waals surface area contributed by atoms with Crippen LogP contribution in [0.2, 0.25) is 0 Å². The van der Waals surface area contributed by atoms with E-state index in [1.165, 1.54) is 31.3 Å². The lowest BCUT2D eigenvalue weighted by atomic mass is 10.1. The van der Waals surface area contributed by atoms with E-state index in [9.17, 15) is 21.6 Å². The van der Waals surface area contributed by atoms with E-state index in [2.05, 4.69) is 15.6 Å². The summed E-state index contributed by atoms with van der Waals surface area (Å²) in [5.41, 5.74) is 0.496. The maximum atomic E-state index is 13.7. The first-order chi connectivity index (χ1) is 12.7. The van der Waals surface area contributed by atoms with Crippen LogP contribution < -0.4 is 10.6 Å². The summed E-state index contributed by atoms with van der Waals surface area (Å²) in [5, 5.41) is 5.76. The molecule has 0 radical (unpaired) electrons. The minimum atomic E-state index is -3.80. The number of nitrogens with one attached hydrogen (secondary N) is 2. The third-order valence-electron chi connectivity index (χ3n) is 3.86. The molecule has 1 atom stereocenters. The van der Waals surface area contributed by atoms with Gasteiger partial charge in [0.05, 0.1) is 11.8 Å². The minimum absolute atomic E-state index is 0.0131. The van der Waals surface area contributed by atoms with Crippen LogP contribution in [0.25, 0.3) is 0 Å². The predicted octanol–water partition coefficient (Wildman–Crippen LogP) is 2.80. The standard InChI is InChI=1S/C18H20F3N3O2S/c1-12(13-7-8-14(19)16(21)11-13)24-18(22-2)23-9-10-27(25,26)17-6-4-3-5-15(17)20/h3-8,11-12H,9-10H2,1-2H3,(H2,22,23,24). The van der Waals surface area contributed by atoms with Crippen molar-refractivity contribution in [2.24, 2.45) is 4.99 Å². The second kappa shape index (κ2) is 8.90. The molecule has 1 unspecified atom stereocenters. The van der Waals surface area contributed by atoms with Crippen LogP contribution in [0.15, 0.2) is 52.4 Å². The van der Waals surface area contributed by atoms with E-state index in [1.54, 1.807) is 6.92 Å². The minimum Gasteiger partial charge on any atom is -0.355 e. The smallest absolute Gasteiger partial charge is 0.191 e. The molecule has 5 nitrogen and oxygen atoms in total. The molecule has 0 bridgehead atoms. The molecule has 2 N–H and O–H groups in total. The van der Waals surface area contributed by atoms with E-state index < -0.39 is 33.3 Å². The van der Waals surface area contributed by atoms with Gasteiger partial charge in [-0.3, -0.25) is 4.99 Å². The molecule has 0 aromatic heterocycles. The molecule has 0 heterocycles. The zero-order valence-corrected chi connectivity index (χ0v) is 15.7. The first-order valence-electron chi connectivity index (χ1n) is 8.14. The van der Waals surface area contributed by atoms with Crippen molar-refractivity contribution in [2.45, 2.75) is 17.9 Å². The van der Waals surface area contributed by atoms with Crippen LogP contribution in [-0.2, 0) is 9.84 Å². The third-order valence-corrected chi connectivity index (χ3v) is 5.60. The van der Waals surface area contributed by atoms with Gasteiger partial charge in [0, 0.05) is 13.6 Å². The Hall–Kier alpha value is -2.55. The number of hydrogen-bond donors (Lipinski definition) is 2. The average Bonchev–Trinajstić information content (AvgIpc) is 2.63.